The molecule has 0 aromatic heterocycles. The minimum Gasteiger partial charge on any atom is -0.324 e. The molecule has 0 bridgehead atoms. The van der Waals surface area contributed by atoms with Crippen LogP contribution in [0.3, 0.4) is 0 Å². The van der Waals surface area contributed by atoms with Crippen LogP contribution in [0.1, 0.15) is 32.1 Å². The average molecular weight is 336 g/mol. The van der Waals surface area contributed by atoms with Crippen molar-refractivity contribution in [3.05, 3.63) is 29.8 Å². The Hall–Kier alpha value is -2.31. The zero-order valence-corrected chi connectivity index (χ0v) is 13.1. The molecule has 1 N–H and O–H groups in total. The van der Waals surface area contributed by atoms with Crippen molar-refractivity contribution in [1.29, 1.82) is 0 Å². The van der Waals surface area contributed by atoms with Crippen LogP contribution in [0.25, 0.3) is 0 Å². The fourth-order valence-electron chi connectivity index (χ4n) is 3.47. The van der Waals surface area contributed by atoms with Crippen molar-refractivity contribution in [2.24, 2.45) is 11.8 Å². The number of anilines is 1. The van der Waals surface area contributed by atoms with Crippen LogP contribution in [0.5, 0.6) is 0 Å². The first-order valence-corrected chi connectivity index (χ1v) is 8.07. The zero-order chi connectivity index (χ0) is 17.3. The van der Waals surface area contributed by atoms with Crippen LogP contribution >= 0.6 is 0 Å². The highest BCUT2D eigenvalue weighted by Crippen LogP contribution is 2.37. The Labute approximate surface area is 138 Å². The van der Waals surface area contributed by atoms with Crippen LogP contribution in [0.15, 0.2) is 18.2 Å². The number of carbonyl (C=O) groups is 3. The maximum absolute atomic E-state index is 13.5. The van der Waals surface area contributed by atoms with Crippen molar-refractivity contribution in [2.45, 2.75) is 32.1 Å². The number of halogens is 2. The highest BCUT2D eigenvalue weighted by atomic mass is 19.1. The van der Waals surface area contributed by atoms with Crippen molar-refractivity contribution in [1.82, 2.24) is 4.90 Å². The maximum atomic E-state index is 13.5. The number of benzene rings is 1. The maximum Gasteiger partial charge on any atom is 0.233 e. The summed E-state index contributed by atoms with van der Waals surface area (Å²) < 4.78 is 26.3. The molecular weight excluding hydrogens is 318 g/mol. The SMILES string of the molecule is O=C(CCN1C(=O)[C@H]2CCCC[C@@H]2C1=O)Nc1ccc(F)cc1F. The topological polar surface area (TPSA) is 66.5 Å². The first-order chi connectivity index (χ1) is 11.5. The molecule has 1 aliphatic carbocycles. The third kappa shape index (κ3) is 3.16. The second kappa shape index (κ2) is 6.67. The Balaban J connectivity index is 1.58. The Morgan fingerprint density at radius 1 is 1.12 bits per heavy atom. The number of imide groups is 1. The number of nitrogens with one attached hydrogen (secondary N) is 1. The normalized spacial score (nSPS) is 23.3. The highest BCUT2D eigenvalue weighted by Gasteiger charge is 2.47. The molecule has 5 nitrogen and oxygen atoms in total. The third-order valence-corrected chi connectivity index (χ3v) is 4.70. The fourth-order valence-corrected chi connectivity index (χ4v) is 3.47. The third-order valence-electron chi connectivity index (χ3n) is 4.70. The van der Waals surface area contributed by atoms with Crippen LogP contribution in [0, 0.1) is 23.5 Å². The summed E-state index contributed by atoms with van der Waals surface area (Å²) in [6, 6.07) is 2.84. The Kier molecular flexibility index (Phi) is 4.59. The van der Waals surface area contributed by atoms with E-state index >= 15 is 0 Å². The van der Waals surface area contributed by atoms with Crippen molar-refractivity contribution in [3.8, 4) is 0 Å². The number of likely N-dealkylation sites (tertiary alicyclic amines) is 1. The van der Waals surface area contributed by atoms with E-state index in [1.165, 1.54) is 0 Å². The lowest BCUT2D eigenvalue weighted by atomic mass is 9.81. The Morgan fingerprint density at radius 2 is 1.75 bits per heavy atom. The average Bonchev–Trinajstić information content (AvgIpc) is 2.80. The van der Waals surface area contributed by atoms with Gasteiger partial charge in [0.25, 0.3) is 0 Å². The van der Waals surface area contributed by atoms with Crippen molar-refractivity contribution >= 4 is 23.4 Å². The van der Waals surface area contributed by atoms with Crippen LogP contribution in [0.2, 0.25) is 0 Å². The lowest BCUT2D eigenvalue weighted by molar-refractivity contribution is -0.140. The summed E-state index contributed by atoms with van der Waals surface area (Å²) in [4.78, 5) is 37.6. The molecule has 0 radical (unpaired) electrons. The minimum absolute atomic E-state index is 0.0146. The summed E-state index contributed by atoms with van der Waals surface area (Å²) in [6.07, 6.45) is 3.21. The standard InChI is InChI=1S/C17H18F2N2O3/c18-10-5-6-14(13(19)9-10)20-15(22)7-8-21-16(23)11-3-1-2-4-12(11)17(21)24/h5-6,9,11-12H,1-4,7-8H2,(H,20,22)/t11-,12-/m0/s1. The Bertz CT molecular complexity index is 668. The van der Waals surface area contributed by atoms with E-state index in [-0.39, 0.29) is 42.3 Å². The number of carbonyl (C=O) groups excluding carboxylic acids is 3. The van der Waals surface area contributed by atoms with Crippen LogP contribution < -0.4 is 5.32 Å². The molecule has 3 amide bonds. The summed E-state index contributed by atoms with van der Waals surface area (Å²) in [6.45, 7) is -0.0146. The van der Waals surface area contributed by atoms with Gasteiger partial charge in [-0.3, -0.25) is 19.3 Å². The van der Waals surface area contributed by atoms with E-state index in [2.05, 4.69) is 5.32 Å². The van der Waals surface area contributed by atoms with Crippen molar-refractivity contribution in [2.75, 3.05) is 11.9 Å². The number of fused-ring (bicyclic) bond motifs is 1. The van der Waals surface area contributed by atoms with E-state index in [1.807, 2.05) is 0 Å². The molecule has 2 fully saturated rings. The quantitative estimate of drug-likeness (QED) is 0.859. The molecule has 0 unspecified atom stereocenters. The van der Waals surface area contributed by atoms with Crippen molar-refractivity contribution in [3.63, 3.8) is 0 Å². The van der Waals surface area contributed by atoms with Gasteiger partial charge in [-0.05, 0) is 25.0 Å². The van der Waals surface area contributed by atoms with Crippen LogP contribution in [-0.2, 0) is 14.4 Å². The highest BCUT2D eigenvalue weighted by molar-refractivity contribution is 6.05. The number of hydrogen-bond acceptors (Lipinski definition) is 3. The van der Waals surface area contributed by atoms with Crippen molar-refractivity contribution < 1.29 is 23.2 Å². The first-order valence-electron chi connectivity index (χ1n) is 8.07. The molecule has 1 saturated heterocycles. The van der Waals surface area contributed by atoms with Gasteiger partial charge >= 0.3 is 0 Å². The molecule has 3 rings (SSSR count). The van der Waals surface area contributed by atoms with E-state index < -0.39 is 17.5 Å². The van der Waals surface area contributed by atoms with Crippen LogP contribution in [0.4, 0.5) is 14.5 Å². The fraction of sp³-hybridized carbons (Fsp3) is 0.471. The molecule has 128 valence electrons. The molecule has 1 saturated carbocycles. The zero-order valence-electron chi connectivity index (χ0n) is 13.1. The van der Waals surface area contributed by atoms with Crippen LogP contribution in [-0.4, -0.2) is 29.2 Å². The summed E-state index contributed by atoms with van der Waals surface area (Å²) in [5, 5.41) is 2.32. The molecule has 7 heteroatoms. The van der Waals surface area contributed by atoms with Gasteiger partial charge in [0.2, 0.25) is 17.7 Å². The summed E-state index contributed by atoms with van der Waals surface area (Å²) in [5.74, 6) is -3.04. The number of rotatable bonds is 4. The van der Waals surface area contributed by atoms with Gasteiger partial charge < -0.3 is 5.32 Å². The first kappa shape index (κ1) is 16.5. The Morgan fingerprint density at radius 3 is 2.33 bits per heavy atom. The van der Waals surface area contributed by atoms with Gasteiger partial charge in [0.1, 0.15) is 11.6 Å². The molecule has 1 heterocycles. The number of amides is 3. The monoisotopic (exact) mass is 336 g/mol. The molecular formula is C17H18F2N2O3. The molecule has 2 atom stereocenters. The smallest absolute Gasteiger partial charge is 0.233 e. The molecule has 24 heavy (non-hydrogen) atoms. The second-order valence-electron chi connectivity index (χ2n) is 6.25. The lowest BCUT2D eigenvalue weighted by Gasteiger charge is -2.19. The van der Waals surface area contributed by atoms with E-state index in [0.29, 0.717) is 6.07 Å². The van der Waals surface area contributed by atoms with E-state index in [9.17, 15) is 23.2 Å². The number of nitrogens with zero attached hydrogens (tertiary/aromatic N) is 1. The van der Waals surface area contributed by atoms with Gasteiger partial charge in [-0.15, -0.1) is 0 Å². The van der Waals surface area contributed by atoms with Gasteiger partial charge in [-0.1, -0.05) is 12.8 Å². The summed E-state index contributed by atoms with van der Waals surface area (Å²) in [5.41, 5.74) is -0.130. The molecule has 1 aromatic rings. The predicted octanol–water partition coefficient (Wildman–Crippen LogP) is 2.47. The van der Waals surface area contributed by atoms with E-state index in [0.717, 1.165) is 42.7 Å². The van der Waals surface area contributed by atoms with E-state index in [1.54, 1.807) is 0 Å². The minimum atomic E-state index is -0.873. The molecule has 0 spiro atoms. The summed E-state index contributed by atoms with van der Waals surface area (Å²) >= 11 is 0. The van der Waals surface area contributed by atoms with Gasteiger partial charge in [-0.25, -0.2) is 8.78 Å². The molecule has 1 aromatic carbocycles. The molecule has 2 aliphatic rings. The lowest BCUT2D eigenvalue weighted by Crippen LogP contribution is -2.34. The van der Waals surface area contributed by atoms with Gasteiger partial charge in [0.15, 0.2) is 0 Å². The van der Waals surface area contributed by atoms with Gasteiger partial charge in [0.05, 0.1) is 17.5 Å². The van der Waals surface area contributed by atoms with E-state index in [4.69, 9.17) is 0 Å². The predicted molar refractivity (Wildman–Crippen MR) is 81.8 cm³/mol. The second-order valence-corrected chi connectivity index (χ2v) is 6.25. The largest absolute Gasteiger partial charge is 0.324 e. The number of hydrogen-bond donors (Lipinski definition) is 1. The summed E-state index contributed by atoms with van der Waals surface area (Å²) in [7, 11) is 0. The van der Waals surface area contributed by atoms with Gasteiger partial charge in [-0.2, -0.15) is 0 Å². The molecule has 1 aliphatic heterocycles. The van der Waals surface area contributed by atoms with Gasteiger partial charge in [0, 0.05) is 19.0 Å².